The fourth-order valence-corrected chi connectivity index (χ4v) is 4.87. The van der Waals surface area contributed by atoms with Crippen LogP contribution in [0.1, 0.15) is 45.1 Å². The van der Waals surface area contributed by atoms with Gasteiger partial charge in [0.05, 0.1) is 23.3 Å². The van der Waals surface area contributed by atoms with Crippen molar-refractivity contribution in [3.63, 3.8) is 0 Å². The van der Waals surface area contributed by atoms with Gasteiger partial charge >= 0.3 is 0 Å². The molecule has 0 spiro atoms. The van der Waals surface area contributed by atoms with Gasteiger partial charge in [0.15, 0.2) is 6.10 Å². The van der Waals surface area contributed by atoms with Gasteiger partial charge in [0.1, 0.15) is 0 Å². The Kier molecular flexibility index (Phi) is 5.91. The smallest absolute Gasteiger partial charge is 0.266 e. The molecule has 0 N–H and O–H groups in total. The number of hydrogen-bond donors (Lipinski definition) is 0. The minimum Gasteiger partial charge on any atom is -0.273 e. The summed E-state index contributed by atoms with van der Waals surface area (Å²) in [5.74, 6) is -0.612. The van der Waals surface area contributed by atoms with Gasteiger partial charge < -0.3 is 0 Å². The quantitative estimate of drug-likeness (QED) is 0.614. The molecule has 158 valence electrons. The first-order valence-electron chi connectivity index (χ1n) is 11.0. The van der Waals surface area contributed by atoms with E-state index in [-0.39, 0.29) is 23.8 Å². The Morgan fingerprint density at radius 2 is 1.67 bits per heavy atom. The molecular formula is C25H30N2O3. The van der Waals surface area contributed by atoms with E-state index in [1.807, 2.05) is 66.6 Å². The predicted molar refractivity (Wildman–Crippen MR) is 118 cm³/mol. The van der Waals surface area contributed by atoms with Crippen molar-refractivity contribution in [1.82, 2.24) is 0 Å². The number of imide groups is 1. The van der Waals surface area contributed by atoms with Gasteiger partial charge in [-0.2, -0.15) is 0 Å². The van der Waals surface area contributed by atoms with Crippen LogP contribution in [-0.2, 0) is 14.4 Å². The summed E-state index contributed by atoms with van der Waals surface area (Å²) < 4.78 is 0. The van der Waals surface area contributed by atoms with E-state index < -0.39 is 12.0 Å². The van der Waals surface area contributed by atoms with Crippen LogP contribution in [-0.4, -0.2) is 24.0 Å². The molecule has 0 aromatic heterocycles. The van der Waals surface area contributed by atoms with Crippen molar-refractivity contribution in [2.24, 2.45) is 11.8 Å². The van der Waals surface area contributed by atoms with Crippen LogP contribution in [0.15, 0.2) is 54.6 Å². The third-order valence-electron chi connectivity index (χ3n) is 6.46. The molecule has 2 aromatic carbocycles. The van der Waals surface area contributed by atoms with Crippen molar-refractivity contribution < 1.29 is 14.4 Å². The molecule has 5 heteroatoms. The molecule has 2 aliphatic rings. The Balaban J connectivity index is 1.73. The van der Waals surface area contributed by atoms with Crippen LogP contribution in [0.25, 0.3) is 0 Å². The number of hydrogen-bond acceptors (Lipinski definition) is 4. The average molecular weight is 407 g/mol. The molecule has 2 amide bonds. The number of carbonyl (C=O) groups excluding carboxylic acids is 2. The molecule has 5 nitrogen and oxygen atoms in total. The third-order valence-corrected chi connectivity index (χ3v) is 6.46. The summed E-state index contributed by atoms with van der Waals surface area (Å²) in [7, 11) is 0. The van der Waals surface area contributed by atoms with E-state index in [0.717, 1.165) is 36.9 Å². The number of benzene rings is 2. The van der Waals surface area contributed by atoms with Crippen LogP contribution in [0.2, 0.25) is 0 Å². The molecule has 4 atom stereocenters. The van der Waals surface area contributed by atoms with E-state index in [1.165, 1.54) is 4.90 Å². The SMILES string of the molecule is CCCC[C@H](CC)[C@@H]1[C@@H]2C(=O)N(c3ccccc3C)C(=O)[C@H]2ON1c1ccccc1. The largest absolute Gasteiger partial charge is 0.273 e. The zero-order valence-corrected chi connectivity index (χ0v) is 18.0. The maximum atomic E-state index is 13.6. The summed E-state index contributed by atoms with van der Waals surface area (Å²) >= 11 is 0. The maximum Gasteiger partial charge on any atom is 0.266 e. The van der Waals surface area contributed by atoms with Gasteiger partial charge in [0.2, 0.25) is 5.91 Å². The highest BCUT2D eigenvalue weighted by molar-refractivity contribution is 6.24. The number of rotatable bonds is 7. The fourth-order valence-electron chi connectivity index (χ4n) is 4.87. The molecule has 0 saturated carbocycles. The maximum absolute atomic E-state index is 13.6. The Hall–Kier alpha value is -2.66. The van der Waals surface area contributed by atoms with E-state index in [4.69, 9.17) is 4.84 Å². The van der Waals surface area contributed by atoms with Crippen LogP contribution >= 0.6 is 0 Å². The van der Waals surface area contributed by atoms with Crippen molar-refractivity contribution in [3.8, 4) is 0 Å². The van der Waals surface area contributed by atoms with Crippen molar-refractivity contribution in [1.29, 1.82) is 0 Å². The summed E-state index contributed by atoms with van der Waals surface area (Å²) in [5.41, 5.74) is 2.47. The molecule has 2 aliphatic heterocycles. The van der Waals surface area contributed by atoms with Crippen molar-refractivity contribution in [2.45, 2.75) is 58.6 Å². The van der Waals surface area contributed by atoms with Gasteiger partial charge in [-0.3, -0.25) is 14.4 Å². The molecule has 2 aromatic rings. The zero-order valence-electron chi connectivity index (χ0n) is 18.0. The van der Waals surface area contributed by atoms with Crippen LogP contribution < -0.4 is 9.96 Å². The number of nitrogens with zero attached hydrogens (tertiary/aromatic N) is 2. The lowest BCUT2D eigenvalue weighted by molar-refractivity contribution is -0.126. The highest BCUT2D eigenvalue weighted by Crippen LogP contribution is 2.44. The number of unbranched alkanes of at least 4 members (excludes halogenated alkanes) is 1. The van der Waals surface area contributed by atoms with E-state index in [0.29, 0.717) is 5.69 Å². The molecule has 0 bridgehead atoms. The Labute approximate surface area is 178 Å². The summed E-state index contributed by atoms with van der Waals surface area (Å²) in [6, 6.07) is 17.2. The standard InChI is InChI=1S/C25H30N2O3/c1-4-6-13-18(5-2)22-21-23(30-27(22)19-14-8-7-9-15-19)25(29)26(24(21)28)20-16-11-10-12-17(20)3/h7-12,14-16,18,21-23H,4-6,13H2,1-3H3/t18-,21-,22+,23-/m0/s1. The third kappa shape index (κ3) is 3.41. The van der Waals surface area contributed by atoms with Gasteiger partial charge in [-0.05, 0) is 43.0 Å². The van der Waals surface area contributed by atoms with Crippen LogP contribution in [0, 0.1) is 18.8 Å². The summed E-state index contributed by atoms with van der Waals surface area (Å²) in [4.78, 5) is 34.6. The molecule has 0 radical (unpaired) electrons. The minimum absolute atomic E-state index is 0.141. The Morgan fingerprint density at radius 1 is 0.967 bits per heavy atom. The lowest BCUT2D eigenvalue weighted by atomic mass is 9.82. The number of aryl methyl sites for hydroxylation is 1. The number of anilines is 2. The fraction of sp³-hybridized carbons (Fsp3) is 0.440. The first-order chi connectivity index (χ1) is 14.6. The average Bonchev–Trinajstić information content (AvgIpc) is 3.27. The summed E-state index contributed by atoms with van der Waals surface area (Å²) in [6.45, 7) is 6.27. The van der Waals surface area contributed by atoms with Gasteiger partial charge in [-0.25, -0.2) is 9.96 Å². The number of para-hydroxylation sites is 2. The first-order valence-corrected chi connectivity index (χ1v) is 11.0. The van der Waals surface area contributed by atoms with Gasteiger partial charge in [-0.15, -0.1) is 0 Å². The van der Waals surface area contributed by atoms with Gasteiger partial charge in [0, 0.05) is 0 Å². The zero-order chi connectivity index (χ0) is 21.3. The lowest BCUT2D eigenvalue weighted by Crippen LogP contribution is -2.44. The topological polar surface area (TPSA) is 49.9 Å². The predicted octanol–water partition coefficient (Wildman–Crippen LogP) is 4.89. The van der Waals surface area contributed by atoms with Crippen LogP contribution in [0.5, 0.6) is 0 Å². The number of carbonyl (C=O) groups is 2. The number of amides is 2. The molecule has 2 fully saturated rings. The number of fused-ring (bicyclic) bond motifs is 1. The molecule has 30 heavy (non-hydrogen) atoms. The monoisotopic (exact) mass is 406 g/mol. The second-order valence-corrected chi connectivity index (χ2v) is 8.31. The highest BCUT2D eigenvalue weighted by Gasteiger charge is 2.61. The molecule has 0 aliphatic carbocycles. The lowest BCUT2D eigenvalue weighted by Gasteiger charge is -2.34. The Bertz CT molecular complexity index is 914. The normalized spacial score (nSPS) is 24.4. The van der Waals surface area contributed by atoms with Gasteiger partial charge in [-0.1, -0.05) is 69.5 Å². The Morgan fingerprint density at radius 3 is 2.33 bits per heavy atom. The molecular weight excluding hydrogens is 376 g/mol. The number of hydroxylamine groups is 1. The van der Waals surface area contributed by atoms with Crippen molar-refractivity contribution >= 4 is 23.2 Å². The summed E-state index contributed by atoms with van der Waals surface area (Å²) in [6.07, 6.45) is 3.38. The van der Waals surface area contributed by atoms with Crippen molar-refractivity contribution in [2.75, 3.05) is 9.96 Å². The second kappa shape index (κ2) is 8.60. The van der Waals surface area contributed by atoms with Crippen LogP contribution in [0.3, 0.4) is 0 Å². The summed E-state index contributed by atoms with van der Waals surface area (Å²) in [5, 5.41) is 1.85. The van der Waals surface area contributed by atoms with E-state index in [2.05, 4.69) is 13.8 Å². The molecule has 0 unspecified atom stereocenters. The minimum atomic E-state index is -0.766. The molecule has 2 heterocycles. The second-order valence-electron chi connectivity index (χ2n) is 8.31. The highest BCUT2D eigenvalue weighted by atomic mass is 16.7. The van der Waals surface area contributed by atoms with Crippen LogP contribution in [0.4, 0.5) is 11.4 Å². The van der Waals surface area contributed by atoms with Crippen molar-refractivity contribution in [3.05, 3.63) is 60.2 Å². The van der Waals surface area contributed by atoms with E-state index in [1.54, 1.807) is 0 Å². The molecule has 4 rings (SSSR count). The van der Waals surface area contributed by atoms with Gasteiger partial charge in [0.25, 0.3) is 5.91 Å². The molecule has 2 saturated heterocycles. The first kappa shape index (κ1) is 20.6. The van der Waals surface area contributed by atoms with E-state index >= 15 is 0 Å². The van der Waals surface area contributed by atoms with E-state index in [9.17, 15) is 9.59 Å².